The van der Waals surface area contributed by atoms with Crippen molar-refractivity contribution in [2.75, 3.05) is 6.61 Å². The largest absolute Gasteiger partial charge is 0.462 e. The molecule has 6 nitrogen and oxygen atoms in total. The zero-order valence-corrected chi connectivity index (χ0v) is 41.7. The van der Waals surface area contributed by atoms with Crippen molar-refractivity contribution < 1.29 is 24.5 Å². The molecule has 0 rings (SSSR count). The fraction of sp³-hybridized carbons (Fsp3) is 0.789. The first-order chi connectivity index (χ1) is 31.0. The molecule has 3 N–H and O–H groups in total. The first-order valence-corrected chi connectivity index (χ1v) is 27.1. The van der Waals surface area contributed by atoms with E-state index in [1.54, 1.807) is 0 Å². The highest BCUT2D eigenvalue weighted by atomic mass is 16.5. The summed E-state index contributed by atoms with van der Waals surface area (Å²) in [6.07, 6.45) is 62.8. The van der Waals surface area contributed by atoms with Gasteiger partial charge < -0.3 is 20.3 Å². The molecule has 0 aliphatic carbocycles. The molecule has 63 heavy (non-hydrogen) atoms. The molecule has 0 aliphatic rings. The van der Waals surface area contributed by atoms with Gasteiger partial charge in [0, 0.05) is 6.42 Å². The second kappa shape index (κ2) is 50.6. The monoisotopic (exact) mass is 882 g/mol. The van der Waals surface area contributed by atoms with Crippen molar-refractivity contribution in [2.24, 2.45) is 0 Å². The van der Waals surface area contributed by atoms with E-state index in [0.29, 0.717) is 19.3 Å². The minimum absolute atomic E-state index is 0.0476. The summed E-state index contributed by atoms with van der Waals surface area (Å²) in [7, 11) is 0. The number of hydrogen-bond donors (Lipinski definition) is 3. The maximum absolute atomic E-state index is 13.2. The van der Waals surface area contributed by atoms with E-state index in [1.165, 1.54) is 128 Å². The third-order valence-electron chi connectivity index (χ3n) is 12.2. The Morgan fingerprint density at radius 1 is 0.460 bits per heavy atom. The number of nitrogens with one attached hydrogen (secondary N) is 1. The Balaban J connectivity index is 4.66. The Labute approximate surface area is 390 Å². The van der Waals surface area contributed by atoms with Crippen LogP contribution in [0.15, 0.2) is 60.8 Å². The van der Waals surface area contributed by atoms with Gasteiger partial charge in [-0.2, -0.15) is 0 Å². The molecule has 3 atom stereocenters. The molecule has 0 aromatic carbocycles. The molecule has 0 fully saturated rings. The average molecular weight is 882 g/mol. The number of hydrogen-bond acceptors (Lipinski definition) is 5. The van der Waals surface area contributed by atoms with Crippen molar-refractivity contribution in [2.45, 2.75) is 283 Å². The van der Waals surface area contributed by atoms with Crippen LogP contribution in [-0.2, 0) is 14.3 Å². The second-order valence-corrected chi connectivity index (χ2v) is 18.4. The molecule has 0 aromatic heterocycles. The fourth-order valence-electron chi connectivity index (χ4n) is 8.01. The van der Waals surface area contributed by atoms with Gasteiger partial charge in [-0.1, -0.05) is 236 Å². The van der Waals surface area contributed by atoms with Crippen LogP contribution in [0.5, 0.6) is 0 Å². The highest BCUT2D eigenvalue weighted by molar-refractivity contribution is 5.77. The van der Waals surface area contributed by atoms with Gasteiger partial charge in [0.2, 0.25) is 5.91 Å². The standard InChI is InChI=1S/C57H103NO5/c1-4-7-10-13-16-19-22-24-26-28-29-31-33-35-38-41-44-47-50-57(62)63-53(48-45-42-39-36-34-32-30-27-25-23-20-17-14-11-8-5-2)51-56(61)58-54(52-59)55(60)49-46-43-40-37-21-18-15-12-9-6-3/h23,25-32,34,53-55,59-60H,4-22,24,33,35-52H2,1-3H3,(H,58,61)/b25-23+,28-26+,30-27+,31-29+,34-32+. The quantitative estimate of drug-likeness (QED) is 0.0321. The van der Waals surface area contributed by atoms with Gasteiger partial charge in [-0.15, -0.1) is 0 Å². The molecule has 0 saturated heterocycles. The van der Waals surface area contributed by atoms with Crippen molar-refractivity contribution in [1.82, 2.24) is 5.32 Å². The molecule has 0 bridgehead atoms. The molecular weight excluding hydrogens is 779 g/mol. The van der Waals surface area contributed by atoms with Crippen LogP contribution in [0.3, 0.4) is 0 Å². The normalized spacial score (nSPS) is 13.7. The van der Waals surface area contributed by atoms with Gasteiger partial charge in [0.25, 0.3) is 0 Å². The molecular formula is C57H103NO5. The lowest BCUT2D eigenvalue weighted by molar-refractivity contribution is -0.151. The molecule has 0 saturated carbocycles. The molecule has 0 aliphatic heterocycles. The van der Waals surface area contributed by atoms with E-state index >= 15 is 0 Å². The topological polar surface area (TPSA) is 95.9 Å². The maximum Gasteiger partial charge on any atom is 0.306 e. The van der Waals surface area contributed by atoms with Crippen molar-refractivity contribution in [1.29, 1.82) is 0 Å². The van der Waals surface area contributed by atoms with Crippen molar-refractivity contribution >= 4 is 11.9 Å². The van der Waals surface area contributed by atoms with Crippen molar-refractivity contribution in [3.05, 3.63) is 60.8 Å². The summed E-state index contributed by atoms with van der Waals surface area (Å²) < 4.78 is 5.92. The Bertz CT molecular complexity index is 1130. The summed E-state index contributed by atoms with van der Waals surface area (Å²) in [6.45, 7) is 6.44. The predicted octanol–water partition coefficient (Wildman–Crippen LogP) is 16.4. The Kier molecular flexibility index (Phi) is 48.6. The van der Waals surface area contributed by atoms with Gasteiger partial charge in [0.15, 0.2) is 0 Å². The number of rotatable bonds is 48. The number of esters is 1. The minimum Gasteiger partial charge on any atom is -0.462 e. The van der Waals surface area contributed by atoms with Gasteiger partial charge in [0.05, 0.1) is 25.2 Å². The third-order valence-corrected chi connectivity index (χ3v) is 12.2. The van der Waals surface area contributed by atoms with E-state index in [0.717, 1.165) is 89.9 Å². The zero-order chi connectivity index (χ0) is 45.9. The van der Waals surface area contributed by atoms with E-state index in [2.05, 4.69) is 86.8 Å². The molecule has 6 heteroatoms. The molecule has 0 spiro atoms. The van der Waals surface area contributed by atoms with E-state index in [4.69, 9.17) is 4.74 Å². The van der Waals surface area contributed by atoms with Crippen LogP contribution in [0.1, 0.15) is 265 Å². The second-order valence-electron chi connectivity index (χ2n) is 18.4. The lowest BCUT2D eigenvalue weighted by atomic mass is 10.0. The van der Waals surface area contributed by atoms with Crippen LogP contribution in [0.25, 0.3) is 0 Å². The Morgan fingerprint density at radius 3 is 1.24 bits per heavy atom. The maximum atomic E-state index is 13.2. The number of carbonyl (C=O) groups excluding carboxylic acids is 2. The number of ether oxygens (including phenoxy) is 1. The van der Waals surface area contributed by atoms with Crippen LogP contribution in [0.2, 0.25) is 0 Å². The van der Waals surface area contributed by atoms with Crippen LogP contribution in [-0.4, -0.2) is 46.9 Å². The minimum atomic E-state index is -0.800. The number of aliphatic hydroxyl groups is 2. The smallest absolute Gasteiger partial charge is 0.306 e. The number of amides is 1. The van der Waals surface area contributed by atoms with Crippen molar-refractivity contribution in [3.8, 4) is 0 Å². The summed E-state index contributed by atoms with van der Waals surface area (Å²) >= 11 is 0. The Hall–Kier alpha value is -2.44. The molecule has 1 amide bonds. The van der Waals surface area contributed by atoms with Crippen LogP contribution in [0, 0.1) is 0 Å². The van der Waals surface area contributed by atoms with Gasteiger partial charge in [-0.3, -0.25) is 9.59 Å². The van der Waals surface area contributed by atoms with Gasteiger partial charge >= 0.3 is 5.97 Å². The number of allylic oxidation sites excluding steroid dienone is 10. The third kappa shape index (κ3) is 45.9. The summed E-state index contributed by atoms with van der Waals surface area (Å²) in [6, 6.07) is -0.717. The van der Waals surface area contributed by atoms with Gasteiger partial charge in [-0.25, -0.2) is 0 Å². The van der Waals surface area contributed by atoms with E-state index in [-0.39, 0.29) is 24.9 Å². The number of carbonyl (C=O) groups is 2. The van der Waals surface area contributed by atoms with E-state index in [1.807, 2.05) is 0 Å². The molecule has 0 aromatic rings. The summed E-state index contributed by atoms with van der Waals surface area (Å²) in [5, 5.41) is 23.7. The lowest BCUT2D eigenvalue weighted by Gasteiger charge is -2.24. The van der Waals surface area contributed by atoms with Crippen LogP contribution in [0.4, 0.5) is 0 Å². The first-order valence-electron chi connectivity index (χ1n) is 27.1. The predicted molar refractivity (Wildman–Crippen MR) is 273 cm³/mol. The van der Waals surface area contributed by atoms with Gasteiger partial charge in [0.1, 0.15) is 6.10 Å². The SMILES string of the molecule is CCCCCCC/C=C/C=C/C=C/CCCCCC(CC(=O)NC(CO)C(O)CCCCCCCCCCCC)OC(=O)CCCCCCC/C=C/C=C/CCCCCCCCC. The lowest BCUT2D eigenvalue weighted by Crippen LogP contribution is -2.46. The summed E-state index contributed by atoms with van der Waals surface area (Å²) in [5.74, 6) is -0.522. The molecule has 366 valence electrons. The average Bonchev–Trinajstić information content (AvgIpc) is 3.28. The van der Waals surface area contributed by atoms with Crippen LogP contribution < -0.4 is 5.32 Å². The molecule has 0 heterocycles. The van der Waals surface area contributed by atoms with E-state index < -0.39 is 18.2 Å². The Morgan fingerprint density at radius 2 is 0.810 bits per heavy atom. The summed E-state index contributed by atoms with van der Waals surface area (Å²) in [4.78, 5) is 26.2. The van der Waals surface area contributed by atoms with Crippen molar-refractivity contribution in [3.63, 3.8) is 0 Å². The zero-order valence-electron chi connectivity index (χ0n) is 41.7. The van der Waals surface area contributed by atoms with Gasteiger partial charge in [-0.05, 0) is 77.0 Å². The van der Waals surface area contributed by atoms with Crippen LogP contribution >= 0.6 is 0 Å². The highest BCUT2D eigenvalue weighted by Gasteiger charge is 2.24. The highest BCUT2D eigenvalue weighted by Crippen LogP contribution is 2.17. The fourth-order valence-corrected chi connectivity index (χ4v) is 8.01. The molecule has 3 unspecified atom stereocenters. The van der Waals surface area contributed by atoms with E-state index in [9.17, 15) is 19.8 Å². The molecule has 0 radical (unpaired) electrons. The summed E-state index contributed by atoms with van der Waals surface area (Å²) in [5.41, 5.74) is 0. The number of unbranched alkanes of at least 4 members (excludes halogenated alkanes) is 29. The number of aliphatic hydroxyl groups excluding tert-OH is 2. The first kappa shape index (κ1) is 60.6.